The van der Waals surface area contributed by atoms with E-state index in [1.54, 1.807) is 0 Å². The van der Waals surface area contributed by atoms with Crippen LogP contribution in [0.1, 0.15) is 32.1 Å². The Bertz CT molecular complexity index is 227. The molecule has 0 radical (unpaired) electrons. The van der Waals surface area contributed by atoms with Gasteiger partial charge in [-0.3, -0.25) is 4.79 Å². The summed E-state index contributed by atoms with van der Waals surface area (Å²) in [5.41, 5.74) is 5.57. The van der Waals surface area contributed by atoms with Crippen LogP contribution in [0.5, 0.6) is 0 Å². The lowest BCUT2D eigenvalue weighted by atomic mass is 10.2. The van der Waals surface area contributed by atoms with Crippen molar-refractivity contribution in [2.24, 2.45) is 5.73 Å². The van der Waals surface area contributed by atoms with Crippen LogP contribution in [0.15, 0.2) is 0 Å². The Kier molecular flexibility index (Phi) is 4.13. The molecule has 1 rings (SSSR count). The summed E-state index contributed by atoms with van der Waals surface area (Å²) < 4.78 is 0. The zero-order valence-electron chi connectivity index (χ0n) is 8.11. The number of hydrogen-bond donors (Lipinski definition) is 2. The Morgan fingerprint density at radius 2 is 2.07 bits per heavy atom. The summed E-state index contributed by atoms with van der Waals surface area (Å²) in [5.74, 6) is -0.802. The summed E-state index contributed by atoms with van der Waals surface area (Å²) in [6, 6.07) is 0.367. The molecule has 0 aromatic heterocycles. The zero-order valence-corrected chi connectivity index (χ0v) is 8.92. The molecule has 0 aromatic carbocycles. The third-order valence-electron chi connectivity index (χ3n) is 2.62. The average Bonchev–Trinajstić information content (AvgIpc) is 2.56. The minimum Gasteiger partial charge on any atom is -0.481 e. The highest BCUT2D eigenvalue weighted by molar-refractivity contribution is 7.80. The van der Waals surface area contributed by atoms with Crippen LogP contribution in [0.25, 0.3) is 0 Å². The molecule has 0 aromatic rings. The second kappa shape index (κ2) is 5.14. The van der Waals surface area contributed by atoms with Gasteiger partial charge < -0.3 is 15.7 Å². The number of rotatable bonds is 4. The summed E-state index contributed by atoms with van der Waals surface area (Å²) in [6.45, 7) is 0.440. The summed E-state index contributed by atoms with van der Waals surface area (Å²) in [5, 5.41) is 8.91. The van der Waals surface area contributed by atoms with Gasteiger partial charge in [0, 0.05) is 12.6 Å². The van der Waals surface area contributed by atoms with Crippen LogP contribution in [0.3, 0.4) is 0 Å². The van der Waals surface area contributed by atoms with Crippen LogP contribution in [0.2, 0.25) is 0 Å². The molecule has 14 heavy (non-hydrogen) atoms. The third-order valence-corrected chi connectivity index (χ3v) is 2.85. The maximum absolute atomic E-state index is 10.4. The molecular formula is C9H16N2O2S. The van der Waals surface area contributed by atoms with Crippen LogP contribution < -0.4 is 5.73 Å². The highest BCUT2D eigenvalue weighted by Gasteiger charge is 2.23. The minimum atomic E-state index is -0.802. The van der Waals surface area contributed by atoms with E-state index < -0.39 is 5.97 Å². The van der Waals surface area contributed by atoms with Crippen molar-refractivity contribution in [2.45, 2.75) is 38.1 Å². The van der Waals surface area contributed by atoms with E-state index in [0.717, 1.165) is 12.8 Å². The van der Waals surface area contributed by atoms with Gasteiger partial charge >= 0.3 is 5.97 Å². The lowest BCUT2D eigenvalue weighted by molar-refractivity contribution is -0.137. The summed E-state index contributed by atoms with van der Waals surface area (Å²) in [4.78, 5) is 12.3. The van der Waals surface area contributed by atoms with Crippen molar-refractivity contribution in [1.29, 1.82) is 0 Å². The zero-order chi connectivity index (χ0) is 10.6. The largest absolute Gasteiger partial charge is 0.481 e. The van der Waals surface area contributed by atoms with Crippen LogP contribution in [-0.2, 0) is 4.79 Å². The number of hydrogen-bond acceptors (Lipinski definition) is 2. The smallest absolute Gasteiger partial charge is 0.305 e. The first-order valence-electron chi connectivity index (χ1n) is 4.89. The molecule has 0 heterocycles. The molecule has 1 saturated carbocycles. The molecule has 3 N–H and O–H groups in total. The van der Waals surface area contributed by atoms with Gasteiger partial charge in [0.05, 0.1) is 6.42 Å². The highest BCUT2D eigenvalue weighted by atomic mass is 32.1. The summed E-state index contributed by atoms with van der Waals surface area (Å²) in [7, 11) is 0. The van der Waals surface area contributed by atoms with Gasteiger partial charge in [0.15, 0.2) is 5.11 Å². The maximum Gasteiger partial charge on any atom is 0.305 e. The molecule has 0 saturated heterocycles. The summed E-state index contributed by atoms with van der Waals surface area (Å²) in [6.07, 6.45) is 4.65. The molecule has 5 heteroatoms. The van der Waals surface area contributed by atoms with Crippen LogP contribution in [0.4, 0.5) is 0 Å². The van der Waals surface area contributed by atoms with Gasteiger partial charge in [-0.1, -0.05) is 12.8 Å². The van der Waals surface area contributed by atoms with Crippen LogP contribution in [0, 0.1) is 0 Å². The topological polar surface area (TPSA) is 66.6 Å². The fourth-order valence-electron chi connectivity index (χ4n) is 1.90. The van der Waals surface area contributed by atoms with E-state index in [0.29, 0.717) is 17.7 Å². The third kappa shape index (κ3) is 3.14. The van der Waals surface area contributed by atoms with Crippen LogP contribution in [-0.4, -0.2) is 33.7 Å². The number of carbonyl (C=O) groups is 1. The van der Waals surface area contributed by atoms with E-state index in [4.69, 9.17) is 23.1 Å². The van der Waals surface area contributed by atoms with Crippen molar-refractivity contribution in [3.8, 4) is 0 Å². The normalized spacial score (nSPS) is 16.9. The molecule has 0 aliphatic heterocycles. The molecule has 4 nitrogen and oxygen atoms in total. The minimum absolute atomic E-state index is 0.105. The summed E-state index contributed by atoms with van der Waals surface area (Å²) >= 11 is 4.92. The number of nitrogens with two attached hydrogens (primary N) is 1. The number of thiocarbonyl (C=S) groups is 1. The van der Waals surface area contributed by atoms with Gasteiger partial charge in [0.25, 0.3) is 0 Å². The molecule has 1 aliphatic carbocycles. The Hall–Kier alpha value is -0.840. The quantitative estimate of drug-likeness (QED) is 0.685. The van der Waals surface area contributed by atoms with Gasteiger partial charge in [-0.25, -0.2) is 0 Å². The molecular weight excluding hydrogens is 200 g/mol. The van der Waals surface area contributed by atoms with E-state index in [1.165, 1.54) is 12.8 Å². The van der Waals surface area contributed by atoms with Crippen molar-refractivity contribution in [3.63, 3.8) is 0 Å². The van der Waals surface area contributed by atoms with E-state index >= 15 is 0 Å². The standard InChI is InChI=1S/C9H16N2O2S/c10-9(14)11(6-5-8(12)13)7-3-1-2-4-7/h7H,1-6H2,(H2,10,14)(H,12,13). The SMILES string of the molecule is NC(=S)N(CCC(=O)O)C1CCCC1. The highest BCUT2D eigenvalue weighted by Crippen LogP contribution is 2.23. The van der Waals surface area contributed by atoms with Crippen molar-refractivity contribution in [2.75, 3.05) is 6.54 Å². The lowest BCUT2D eigenvalue weighted by Gasteiger charge is -2.28. The molecule has 0 amide bonds. The fraction of sp³-hybridized carbons (Fsp3) is 0.778. The van der Waals surface area contributed by atoms with Gasteiger partial charge in [0.2, 0.25) is 0 Å². The van der Waals surface area contributed by atoms with Crippen LogP contribution >= 0.6 is 12.2 Å². The molecule has 1 aliphatic rings. The van der Waals surface area contributed by atoms with Gasteiger partial charge in [-0.05, 0) is 25.1 Å². The molecule has 0 spiro atoms. The van der Waals surface area contributed by atoms with E-state index in [9.17, 15) is 4.79 Å². The lowest BCUT2D eigenvalue weighted by Crippen LogP contribution is -2.43. The Morgan fingerprint density at radius 3 is 2.50 bits per heavy atom. The molecule has 80 valence electrons. The molecule has 0 unspecified atom stereocenters. The molecule has 1 fully saturated rings. The average molecular weight is 216 g/mol. The van der Waals surface area contributed by atoms with Crippen molar-refractivity contribution < 1.29 is 9.90 Å². The number of carboxylic acid groups (broad SMARTS) is 1. The predicted octanol–water partition coefficient (Wildman–Crippen LogP) is 0.949. The number of aliphatic carboxylic acids is 1. The number of nitrogens with zero attached hydrogens (tertiary/aromatic N) is 1. The van der Waals surface area contributed by atoms with Gasteiger partial charge in [-0.2, -0.15) is 0 Å². The fourth-order valence-corrected chi connectivity index (χ4v) is 2.15. The molecule has 0 bridgehead atoms. The second-order valence-corrected chi connectivity index (χ2v) is 4.03. The van der Waals surface area contributed by atoms with Gasteiger partial charge in [-0.15, -0.1) is 0 Å². The number of carboxylic acids is 1. The van der Waals surface area contributed by atoms with Crippen molar-refractivity contribution in [1.82, 2.24) is 4.90 Å². The Balaban J connectivity index is 2.45. The Labute approximate surface area is 89.1 Å². The second-order valence-electron chi connectivity index (χ2n) is 3.61. The Morgan fingerprint density at radius 1 is 1.50 bits per heavy atom. The monoisotopic (exact) mass is 216 g/mol. The first-order valence-corrected chi connectivity index (χ1v) is 5.30. The van der Waals surface area contributed by atoms with Crippen molar-refractivity contribution >= 4 is 23.3 Å². The first kappa shape index (κ1) is 11.2. The van der Waals surface area contributed by atoms with E-state index in [1.807, 2.05) is 4.90 Å². The van der Waals surface area contributed by atoms with Gasteiger partial charge in [0.1, 0.15) is 0 Å². The maximum atomic E-state index is 10.4. The van der Waals surface area contributed by atoms with E-state index in [-0.39, 0.29) is 6.42 Å². The van der Waals surface area contributed by atoms with Crippen molar-refractivity contribution in [3.05, 3.63) is 0 Å². The van der Waals surface area contributed by atoms with E-state index in [2.05, 4.69) is 0 Å². The first-order chi connectivity index (χ1) is 6.61. The molecule has 0 atom stereocenters. The predicted molar refractivity (Wildman–Crippen MR) is 58.0 cm³/mol.